The summed E-state index contributed by atoms with van der Waals surface area (Å²) in [6.07, 6.45) is 1.72. The molecule has 0 N–H and O–H groups in total. The van der Waals surface area contributed by atoms with Crippen molar-refractivity contribution in [2.45, 2.75) is 13.3 Å². The lowest BCUT2D eigenvalue weighted by Gasteiger charge is -1.95. The van der Waals surface area contributed by atoms with Gasteiger partial charge in [-0.15, -0.1) is 0 Å². The molecular weight excluding hydrogens is 212 g/mol. The fourth-order valence-corrected chi connectivity index (χ4v) is 1.17. The van der Waals surface area contributed by atoms with E-state index in [0.717, 1.165) is 0 Å². The zero-order valence-electron chi connectivity index (χ0n) is 8.62. The normalized spacial score (nSPS) is 11.2. The quantitative estimate of drug-likeness (QED) is 0.578. The number of nitro benzene ring substituents is 1. The first-order valence-electron chi connectivity index (χ1n) is 4.64. The van der Waals surface area contributed by atoms with E-state index >= 15 is 0 Å². The molecule has 0 bridgehead atoms. The van der Waals surface area contributed by atoms with Gasteiger partial charge in [0, 0.05) is 24.6 Å². The summed E-state index contributed by atoms with van der Waals surface area (Å²) in [5.74, 6) is 0. The van der Waals surface area contributed by atoms with Gasteiger partial charge in [0.25, 0.3) is 5.69 Å². The van der Waals surface area contributed by atoms with E-state index in [9.17, 15) is 20.2 Å². The van der Waals surface area contributed by atoms with E-state index in [2.05, 4.69) is 0 Å². The Morgan fingerprint density at radius 3 is 2.19 bits per heavy atom. The Bertz CT molecular complexity index is 437. The fourth-order valence-electron chi connectivity index (χ4n) is 1.17. The highest BCUT2D eigenvalue weighted by Gasteiger charge is 2.08. The molecule has 1 rings (SSSR count). The van der Waals surface area contributed by atoms with Gasteiger partial charge in [-0.2, -0.15) is 0 Å². The number of rotatable bonds is 4. The Morgan fingerprint density at radius 2 is 1.81 bits per heavy atom. The van der Waals surface area contributed by atoms with E-state index in [1.54, 1.807) is 6.92 Å². The molecule has 0 saturated carbocycles. The number of benzene rings is 1. The van der Waals surface area contributed by atoms with E-state index in [0.29, 0.717) is 12.0 Å². The third-order valence-corrected chi connectivity index (χ3v) is 2.03. The molecule has 0 aliphatic rings. The summed E-state index contributed by atoms with van der Waals surface area (Å²) in [6, 6.07) is 5.60. The van der Waals surface area contributed by atoms with Crippen molar-refractivity contribution in [3.8, 4) is 0 Å². The molecule has 1 aromatic carbocycles. The van der Waals surface area contributed by atoms with Crippen LogP contribution in [0.5, 0.6) is 0 Å². The lowest BCUT2D eigenvalue weighted by atomic mass is 10.1. The van der Waals surface area contributed by atoms with Gasteiger partial charge in [0.15, 0.2) is 0 Å². The number of nitro groups is 2. The van der Waals surface area contributed by atoms with Crippen LogP contribution in [0.1, 0.15) is 18.9 Å². The molecule has 0 amide bonds. The van der Waals surface area contributed by atoms with Gasteiger partial charge in [0.05, 0.1) is 9.85 Å². The Hall–Kier alpha value is -2.24. The van der Waals surface area contributed by atoms with Crippen LogP contribution in [0.3, 0.4) is 0 Å². The van der Waals surface area contributed by atoms with E-state index in [1.165, 1.54) is 30.3 Å². The van der Waals surface area contributed by atoms with Crippen molar-refractivity contribution in [3.05, 3.63) is 55.8 Å². The first-order chi connectivity index (χ1) is 7.54. The number of allylic oxidation sites excluding steroid dienone is 1. The Labute approximate surface area is 91.5 Å². The molecule has 0 spiro atoms. The molecule has 16 heavy (non-hydrogen) atoms. The maximum absolute atomic E-state index is 10.5. The van der Waals surface area contributed by atoms with Crippen LogP contribution in [-0.4, -0.2) is 9.85 Å². The predicted octanol–water partition coefficient (Wildman–Crippen LogP) is 2.62. The smallest absolute Gasteiger partial charge is 0.259 e. The topological polar surface area (TPSA) is 86.3 Å². The summed E-state index contributed by atoms with van der Waals surface area (Å²) in [5.41, 5.74) is 0.629. The van der Waals surface area contributed by atoms with Crippen molar-refractivity contribution in [3.63, 3.8) is 0 Å². The van der Waals surface area contributed by atoms with Crippen molar-refractivity contribution in [2.24, 2.45) is 0 Å². The summed E-state index contributed by atoms with van der Waals surface area (Å²) in [7, 11) is 0. The average Bonchev–Trinajstić information content (AvgIpc) is 2.26. The number of hydrogen-bond acceptors (Lipinski definition) is 4. The number of nitrogens with zero attached hydrogens (tertiary/aromatic N) is 2. The monoisotopic (exact) mass is 222 g/mol. The van der Waals surface area contributed by atoms with E-state index < -0.39 is 9.85 Å². The molecule has 6 heteroatoms. The van der Waals surface area contributed by atoms with Crippen molar-refractivity contribution in [1.82, 2.24) is 0 Å². The van der Waals surface area contributed by atoms with Gasteiger partial charge in [-0.05, 0) is 17.7 Å². The molecule has 1 aromatic rings. The standard InChI is InChI=1S/C10H10N2O4/c1-2-9(11(13)14)7-8-3-5-10(6-4-8)12(15)16/h3-7H,2H2,1H3/b9-7+. The van der Waals surface area contributed by atoms with Gasteiger partial charge in [-0.1, -0.05) is 6.92 Å². The number of hydrogen-bond donors (Lipinski definition) is 0. The fraction of sp³-hybridized carbons (Fsp3) is 0.200. The zero-order valence-corrected chi connectivity index (χ0v) is 8.62. The second kappa shape index (κ2) is 5.01. The van der Waals surface area contributed by atoms with Gasteiger partial charge in [-0.3, -0.25) is 20.2 Å². The van der Waals surface area contributed by atoms with Crippen LogP contribution in [0.15, 0.2) is 30.0 Å². The molecule has 0 aliphatic heterocycles. The summed E-state index contributed by atoms with van der Waals surface area (Å²) >= 11 is 0. The van der Waals surface area contributed by atoms with E-state index in [-0.39, 0.29) is 11.4 Å². The molecule has 84 valence electrons. The van der Waals surface area contributed by atoms with Crippen molar-refractivity contribution >= 4 is 11.8 Å². The SMILES string of the molecule is CC/C(=C\c1ccc([N+](=O)[O-])cc1)[N+](=O)[O-]. The molecule has 0 aromatic heterocycles. The zero-order chi connectivity index (χ0) is 12.1. The maximum Gasteiger partial charge on any atom is 0.269 e. The van der Waals surface area contributed by atoms with Crippen LogP contribution in [0, 0.1) is 20.2 Å². The highest BCUT2D eigenvalue weighted by Crippen LogP contribution is 2.15. The molecular formula is C10H10N2O4. The second-order valence-corrected chi connectivity index (χ2v) is 3.09. The molecule has 6 nitrogen and oxygen atoms in total. The average molecular weight is 222 g/mol. The van der Waals surface area contributed by atoms with Crippen molar-refractivity contribution in [2.75, 3.05) is 0 Å². The van der Waals surface area contributed by atoms with Gasteiger partial charge in [0.2, 0.25) is 5.70 Å². The summed E-state index contributed by atoms with van der Waals surface area (Å²) < 4.78 is 0. The number of non-ortho nitro benzene ring substituents is 1. The molecule has 0 aliphatic carbocycles. The Balaban J connectivity index is 2.98. The van der Waals surface area contributed by atoms with Crippen LogP contribution < -0.4 is 0 Å². The van der Waals surface area contributed by atoms with E-state index in [1.807, 2.05) is 0 Å². The predicted molar refractivity (Wildman–Crippen MR) is 58.4 cm³/mol. The van der Waals surface area contributed by atoms with Crippen molar-refractivity contribution < 1.29 is 9.85 Å². The largest absolute Gasteiger partial charge is 0.269 e. The van der Waals surface area contributed by atoms with Crippen LogP contribution in [0.25, 0.3) is 6.08 Å². The van der Waals surface area contributed by atoms with Crippen molar-refractivity contribution in [1.29, 1.82) is 0 Å². The highest BCUT2D eigenvalue weighted by atomic mass is 16.6. The van der Waals surface area contributed by atoms with Gasteiger partial charge < -0.3 is 0 Å². The third kappa shape index (κ3) is 2.88. The maximum atomic E-state index is 10.5. The minimum Gasteiger partial charge on any atom is -0.259 e. The molecule has 0 radical (unpaired) electrons. The summed E-state index contributed by atoms with van der Waals surface area (Å²) in [5, 5.41) is 20.9. The lowest BCUT2D eigenvalue weighted by Crippen LogP contribution is -1.96. The second-order valence-electron chi connectivity index (χ2n) is 3.09. The summed E-state index contributed by atoms with van der Waals surface area (Å²) in [4.78, 5) is 20.0. The van der Waals surface area contributed by atoms with Gasteiger partial charge in [-0.25, -0.2) is 0 Å². The molecule has 0 unspecified atom stereocenters. The molecule has 0 saturated heterocycles. The van der Waals surface area contributed by atoms with Crippen LogP contribution in [-0.2, 0) is 0 Å². The van der Waals surface area contributed by atoms with Crippen LogP contribution >= 0.6 is 0 Å². The van der Waals surface area contributed by atoms with E-state index in [4.69, 9.17) is 0 Å². The highest BCUT2D eigenvalue weighted by molar-refractivity contribution is 5.53. The minimum atomic E-state index is -0.512. The first-order valence-corrected chi connectivity index (χ1v) is 4.64. The Kier molecular flexibility index (Phi) is 3.71. The van der Waals surface area contributed by atoms with Gasteiger partial charge >= 0.3 is 0 Å². The van der Waals surface area contributed by atoms with Crippen LogP contribution in [0.4, 0.5) is 5.69 Å². The minimum absolute atomic E-state index is 0.0312. The van der Waals surface area contributed by atoms with Gasteiger partial charge in [0.1, 0.15) is 0 Å². The Morgan fingerprint density at radius 1 is 1.25 bits per heavy atom. The molecule has 0 heterocycles. The van der Waals surface area contributed by atoms with Crippen LogP contribution in [0.2, 0.25) is 0 Å². The molecule has 0 fully saturated rings. The third-order valence-electron chi connectivity index (χ3n) is 2.03. The first kappa shape index (κ1) is 11.8. The molecule has 0 atom stereocenters. The lowest BCUT2D eigenvalue weighted by molar-refractivity contribution is -0.425. The summed E-state index contributed by atoms with van der Waals surface area (Å²) in [6.45, 7) is 1.68.